The van der Waals surface area contributed by atoms with Crippen molar-refractivity contribution in [3.8, 4) is 0 Å². The minimum Gasteiger partial charge on any atom is -0.354 e. The van der Waals surface area contributed by atoms with Crippen LogP contribution < -0.4 is 11.1 Å². The smallest absolute Gasteiger partial charge is 0.240 e. The number of nitrogens with two attached hydrogens (primary N) is 1. The fraction of sp³-hybridized carbons (Fsp3) is 0.900. The molecule has 2 fully saturated rings. The lowest BCUT2D eigenvalue weighted by Crippen LogP contribution is -2.58. The van der Waals surface area contributed by atoms with Crippen LogP contribution in [0.1, 0.15) is 32.6 Å². The predicted molar refractivity (Wildman–Crippen MR) is 51.1 cm³/mol. The molecule has 0 aliphatic heterocycles. The Morgan fingerprint density at radius 3 is 2.62 bits per heavy atom. The van der Waals surface area contributed by atoms with E-state index in [1.165, 1.54) is 6.42 Å². The van der Waals surface area contributed by atoms with Crippen molar-refractivity contribution in [3.63, 3.8) is 0 Å². The molecule has 2 atom stereocenters. The summed E-state index contributed by atoms with van der Waals surface area (Å²) >= 11 is 0. The lowest BCUT2D eigenvalue weighted by molar-refractivity contribution is -0.129. The van der Waals surface area contributed by atoms with Gasteiger partial charge in [0.1, 0.15) is 0 Å². The average molecular weight is 182 g/mol. The Hall–Kier alpha value is -0.570. The van der Waals surface area contributed by atoms with Crippen LogP contribution in [0.15, 0.2) is 0 Å². The molecule has 2 unspecified atom stereocenters. The largest absolute Gasteiger partial charge is 0.354 e. The molecule has 3 heteroatoms. The molecule has 0 aromatic carbocycles. The van der Waals surface area contributed by atoms with Crippen LogP contribution in [0.2, 0.25) is 0 Å². The van der Waals surface area contributed by atoms with E-state index in [-0.39, 0.29) is 5.91 Å². The third kappa shape index (κ3) is 1.70. The first-order valence-corrected chi connectivity index (χ1v) is 5.19. The monoisotopic (exact) mass is 182 g/mol. The highest BCUT2D eigenvalue weighted by Crippen LogP contribution is 2.37. The molecule has 2 saturated carbocycles. The maximum atomic E-state index is 11.5. The Kier molecular flexibility index (Phi) is 2.06. The lowest BCUT2D eigenvalue weighted by Gasteiger charge is -2.36. The third-order valence-corrected chi connectivity index (χ3v) is 3.50. The zero-order chi connectivity index (χ0) is 9.47. The van der Waals surface area contributed by atoms with Gasteiger partial charge in [-0.2, -0.15) is 0 Å². The van der Waals surface area contributed by atoms with Gasteiger partial charge in [-0.3, -0.25) is 4.79 Å². The number of hydrogen-bond acceptors (Lipinski definition) is 2. The summed E-state index contributed by atoms with van der Waals surface area (Å²) in [6.45, 7) is 3.05. The van der Waals surface area contributed by atoms with Gasteiger partial charge in [-0.1, -0.05) is 6.92 Å². The molecule has 0 aromatic rings. The summed E-state index contributed by atoms with van der Waals surface area (Å²) in [7, 11) is 0. The summed E-state index contributed by atoms with van der Waals surface area (Å²) in [5, 5.41) is 2.95. The summed E-state index contributed by atoms with van der Waals surface area (Å²) in [5.74, 6) is 1.58. The summed E-state index contributed by atoms with van der Waals surface area (Å²) in [6, 6.07) is 0. The van der Waals surface area contributed by atoms with Gasteiger partial charge >= 0.3 is 0 Å². The van der Waals surface area contributed by atoms with Gasteiger partial charge < -0.3 is 11.1 Å². The molecule has 2 rings (SSSR count). The quantitative estimate of drug-likeness (QED) is 0.673. The second-order valence-corrected chi connectivity index (χ2v) is 4.69. The molecule has 3 N–H and O–H groups in total. The molecular weight excluding hydrogens is 164 g/mol. The highest BCUT2D eigenvalue weighted by molar-refractivity contribution is 5.87. The van der Waals surface area contributed by atoms with Gasteiger partial charge in [0, 0.05) is 6.54 Å². The maximum Gasteiger partial charge on any atom is 0.240 e. The second-order valence-electron chi connectivity index (χ2n) is 4.69. The van der Waals surface area contributed by atoms with Crippen LogP contribution in [0.25, 0.3) is 0 Å². The number of nitrogens with one attached hydrogen (secondary N) is 1. The highest BCUT2D eigenvalue weighted by Gasteiger charge is 2.41. The van der Waals surface area contributed by atoms with E-state index in [1.807, 2.05) is 0 Å². The molecule has 1 amide bonds. The van der Waals surface area contributed by atoms with E-state index in [4.69, 9.17) is 5.73 Å². The minimum absolute atomic E-state index is 0.0675. The number of carbonyl (C=O) groups excluding carboxylic acids is 1. The van der Waals surface area contributed by atoms with E-state index in [2.05, 4.69) is 12.2 Å². The molecule has 0 bridgehead atoms. The zero-order valence-corrected chi connectivity index (χ0v) is 8.18. The molecule has 0 saturated heterocycles. The Morgan fingerprint density at radius 1 is 1.62 bits per heavy atom. The first-order chi connectivity index (χ1) is 6.12. The lowest BCUT2D eigenvalue weighted by atomic mass is 9.77. The maximum absolute atomic E-state index is 11.5. The molecule has 2 aliphatic rings. The molecular formula is C10H18N2O. The fourth-order valence-corrected chi connectivity index (χ4v) is 1.87. The van der Waals surface area contributed by atoms with Gasteiger partial charge in [-0.05, 0) is 37.5 Å². The highest BCUT2D eigenvalue weighted by atomic mass is 16.2. The number of rotatable bonds is 3. The van der Waals surface area contributed by atoms with Crippen LogP contribution in [0.4, 0.5) is 0 Å². The van der Waals surface area contributed by atoms with Crippen molar-refractivity contribution in [2.24, 2.45) is 17.6 Å². The van der Waals surface area contributed by atoms with E-state index < -0.39 is 5.54 Å². The summed E-state index contributed by atoms with van der Waals surface area (Å²) in [5.41, 5.74) is 5.36. The van der Waals surface area contributed by atoms with Crippen molar-refractivity contribution < 1.29 is 4.79 Å². The minimum atomic E-state index is -0.516. The first kappa shape index (κ1) is 9.00. The van der Waals surface area contributed by atoms with Crippen LogP contribution in [0, 0.1) is 11.8 Å². The van der Waals surface area contributed by atoms with Crippen molar-refractivity contribution in [2.75, 3.05) is 6.54 Å². The Labute approximate surface area is 79.1 Å². The van der Waals surface area contributed by atoms with Crippen molar-refractivity contribution >= 4 is 5.91 Å². The van der Waals surface area contributed by atoms with E-state index in [1.54, 1.807) is 0 Å². The van der Waals surface area contributed by atoms with Crippen molar-refractivity contribution in [1.29, 1.82) is 0 Å². The summed E-state index contributed by atoms with van der Waals surface area (Å²) < 4.78 is 0. The molecule has 74 valence electrons. The molecule has 0 radical (unpaired) electrons. The number of carbonyl (C=O) groups is 1. The Balaban J connectivity index is 1.72. The van der Waals surface area contributed by atoms with Crippen LogP contribution >= 0.6 is 0 Å². The first-order valence-electron chi connectivity index (χ1n) is 5.19. The van der Waals surface area contributed by atoms with E-state index in [0.717, 1.165) is 31.7 Å². The van der Waals surface area contributed by atoms with Crippen LogP contribution in [0.5, 0.6) is 0 Å². The zero-order valence-electron chi connectivity index (χ0n) is 8.18. The van der Waals surface area contributed by atoms with Crippen molar-refractivity contribution in [1.82, 2.24) is 5.32 Å². The van der Waals surface area contributed by atoms with E-state index in [0.29, 0.717) is 5.92 Å². The van der Waals surface area contributed by atoms with Crippen molar-refractivity contribution in [2.45, 2.75) is 38.1 Å². The molecule has 2 aliphatic carbocycles. The van der Waals surface area contributed by atoms with E-state index >= 15 is 0 Å². The fourth-order valence-electron chi connectivity index (χ4n) is 1.87. The van der Waals surface area contributed by atoms with Gasteiger partial charge in [0.25, 0.3) is 0 Å². The SMILES string of the molecule is CC1CC1CNC(=O)C1(N)CCC1. The molecule has 0 aromatic heterocycles. The number of hydrogen-bond donors (Lipinski definition) is 2. The Morgan fingerprint density at radius 2 is 2.23 bits per heavy atom. The molecule has 3 nitrogen and oxygen atoms in total. The van der Waals surface area contributed by atoms with Crippen molar-refractivity contribution in [3.05, 3.63) is 0 Å². The van der Waals surface area contributed by atoms with Crippen LogP contribution in [-0.4, -0.2) is 18.0 Å². The molecule has 0 spiro atoms. The van der Waals surface area contributed by atoms with Gasteiger partial charge in [0.2, 0.25) is 5.91 Å². The van der Waals surface area contributed by atoms with Gasteiger partial charge in [0.05, 0.1) is 5.54 Å². The molecule has 13 heavy (non-hydrogen) atoms. The summed E-state index contributed by atoms with van der Waals surface area (Å²) in [4.78, 5) is 11.5. The topological polar surface area (TPSA) is 55.1 Å². The predicted octanol–water partition coefficient (Wildman–Crippen LogP) is 0.640. The van der Waals surface area contributed by atoms with E-state index in [9.17, 15) is 4.79 Å². The molecule has 0 heterocycles. The average Bonchev–Trinajstić information content (AvgIpc) is 2.73. The summed E-state index contributed by atoms with van der Waals surface area (Å²) in [6.07, 6.45) is 4.08. The van der Waals surface area contributed by atoms with Crippen LogP contribution in [-0.2, 0) is 4.79 Å². The third-order valence-electron chi connectivity index (χ3n) is 3.50. The van der Waals surface area contributed by atoms with Crippen LogP contribution in [0.3, 0.4) is 0 Å². The number of amides is 1. The normalized spacial score (nSPS) is 34.9. The standard InChI is InChI=1S/C10H18N2O/c1-7-5-8(7)6-12-9(13)10(11)3-2-4-10/h7-8H,2-6,11H2,1H3,(H,12,13). The van der Waals surface area contributed by atoms with Gasteiger partial charge in [-0.15, -0.1) is 0 Å². The second kappa shape index (κ2) is 2.98. The van der Waals surface area contributed by atoms with Gasteiger partial charge in [0.15, 0.2) is 0 Å². The van der Waals surface area contributed by atoms with Gasteiger partial charge in [-0.25, -0.2) is 0 Å². The Bertz CT molecular complexity index is 223.